The SMILES string of the molecule is C=C/C(OC)=c1/c(C2CCOCC2)nn(-c2ccc(Cl)cc2)/c1=C/C. The van der Waals surface area contributed by atoms with Crippen LogP contribution in [0, 0.1) is 0 Å². The molecule has 0 bridgehead atoms. The second-order valence-corrected chi connectivity index (χ2v) is 6.42. The molecule has 1 aromatic carbocycles. The van der Waals surface area contributed by atoms with Gasteiger partial charge in [0.15, 0.2) is 0 Å². The van der Waals surface area contributed by atoms with Crippen molar-refractivity contribution in [3.05, 3.63) is 58.2 Å². The lowest BCUT2D eigenvalue weighted by molar-refractivity contribution is 0.0842. The molecule has 1 aliphatic heterocycles. The number of hydrogen-bond donors (Lipinski definition) is 0. The predicted molar refractivity (Wildman–Crippen MR) is 101 cm³/mol. The second-order valence-electron chi connectivity index (χ2n) is 5.98. The molecule has 0 amide bonds. The Morgan fingerprint density at radius 3 is 2.56 bits per heavy atom. The van der Waals surface area contributed by atoms with Crippen molar-refractivity contribution in [3.8, 4) is 5.69 Å². The number of benzene rings is 1. The minimum atomic E-state index is 0.348. The Balaban J connectivity index is 2.29. The summed E-state index contributed by atoms with van der Waals surface area (Å²) in [5.74, 6) is 1.09. The second kappa shape index (κ2) is 7.89. The topological polar surface area (TPSA) is 36.3 Å². The molecule has 0 aliphatic carbocycles. The minimum Gasteiger partial charge on any atom is -0.496 e. The maximum atomic E-state index is 6.04. The summed E-state index contributed by atoms with van der Waals surface area (Å²) in [5, 5.41) is 7.68. The molecule has 1 aromatic heterocycles. The first-order valence-corrected chi connectivity index (χ1v) is 8.87. The Kier molecular flexibility index (Phi) is 5.61. The van der Waals surface area contributed by atoms with Crippen LogP contribution in [0.3, 0.4) is 0 Å². The smallest absolute Gasteiger partial charge is 0.129 e. The van der Waals surface area contributed by atoms with E-state index in [1.54, 1.807) is 13.2 Å². The van der Waals surface area contributed by atoms with E-state index in [9.17, 15) is 0 Å². The minimum absolute atomic E-state index is 0.348. The lowest BCUT2D eigenvalue weighted by Crippen LogP contribution is -2.33. The molecule has 0 atom stereocenters. The number of aromatic nitrogens is 2. The molecule has 5 heteroatoms. The monoisotopic (exact) mass is 358 g/mol. The summed E-state index contributed by atoms with van der Waals surface area (Å²) in [6.07, 6.45) is 5.73. The number of methoxy groups -OCH3 is 1. The number of nitrogens with zero attached hydrogens (tertiary/aromatic N) is 2. The van der Waals surface area contributed by atoms with Gasteiger partial charge < -0.3 is 9.47 Å². The maximum Gasteiger partial charge on any atom is 0.129 e. The Hall–Kier alpha value is -2.04. The van der Waals surface area contributed by atoms with E-state index in [4.69, 9.17) is 26.2 Å². The van der Waals surface area contributed by atoms with E-state index >= 15 is 0 Å². The molecule has 132 valence electrons. The summed E-state index contributed by atoms with van der Waals surface area (Å²) in [6, 6.07) is 7.70. The molecule has 3 rings (SSSR count). The van der Waals surface area contributed by atoms with Gasteiger partial charge in [-0.3, -0.25) is 0 Å². The van der Waals surface area contributed by atoms with Crippen LogP contribution in [0.25, 0.3) is 17.5 Å². The van der Waals surface area contributed by atoms with Gasteiger partial charge in [0, 0.05) is 24.2 Å². The molecule has 2 aromatic rings. The molecule has 0 unspecified atom stereocenters. The highest BCUT2D eigenvalue weighted by Crippen LogP contribution is 2.23. The standard InChI is InChI=1S/C20H23ClN2O2/c1-4-17-19(18(5-2)24-3)20(14-10-12-25-13-11-14)22-23(17)16-8-6-15(21)7-9-16/h4-9,14H,2,10-13H2,1,3H3/b17-4+,19-18-. The van der Waals surface area contributed by atoms with Crippen molar-refractivity contribution in [2.24, 2.45) is 0 Å². The lowest BCUT2D eigenvalue weighted by atomic mass is 9.95. The number of hydrogen-bond acceptors (Lipinski definition) is 3. The Bertz CT molecular complexity index is 862. The molecule has 1 saturated heterocycles. The summed E-state index contributed by atoms with van der Waals surface area (Å²) in [6.45, 7) is 7.45. The van der Waals surface area contributed by atoms with Crippen molar-refractivity contribution < 1.29 is 9.47 Å². The summed E-state index contributed by atoms with van der Waals surface area (Å²) in [7, 11) is 1.67. The van der Waals surface area contributed by atoms with Gasteiger partial charge in [-0.2, -0.15) is 5.10 Å². The largest absolute Gasteiger partial charge is 0.496 e. The van der Waals surface area contributed by atoms with E-state index in [2.05, 4.69) is 12.7 Å². The molecule has 0 saturated carbocycles. The highest BCUT2D eigenvalue weighted by Gasteiger charge is 2.23. The van der Waals surface area contributed by atoms with Gasteiger partial charge in [-0.05, 0) is 50.1 Å². The summed E-state index contributed by atoms with van der Waals surface area (Å²) in [4.78, 5) is 0. The Labute approximate surface area is 153 Å². The molecule has 0 spiro atoms. The molecular formula is C20H23ClN2O2. The average Bonchev–Trinajstić information content (AvgIpc) is 3.03. The third-order valence-electron chi connectivity index (χ3n) is 4.55. The van der Waals surface area contributed by atoms with Crippen LogP contribution >= 0.6 is 11.6 Å². The van der Waals surface area contributed by atoms with Crippen LogP contribution < -0.4 is 10.6 Å². The van der Waals surface area contributed by atoms with E-state index in [-0.39, 0.29) is 0 Å². The van der Waals surface area contributed by atoms with E-state index in [1.807, 2.05) is 35.9 Å². The molecule has 1 fully saturated rings. The number of rotatable bonds is 4. The molecule has 0 radical (unpaired) electrons. The first-order chi connectivity index (χ1) is 12.2. The fourth-order valence-corrected chi connectivity index (χ4v) is 3.42. The van der Waals surface area contributed by atoms with Crippen LogP contribution in [0.2, 0.25) is 5.02 Å². The molecular weight excluding hydrogens is 336 g/mol. The predicted octanol–water partition coefficient (Wildman–Crippen LogP) is 3.16. The van der Waals surface area contributed by atoms with Crippen LogP contribution in [0.5, 0.6) is 0 Å². The first-order valence-electron chi connectivity index (χ1n) is 8.49. The molecule has 1 aliphatic rings. The maximum absolute atomic E-state index is 6.04. The Morgan fingerprint density at radius 1 is 1.32 bits per heavy atom. The van der Waals surface area contributed by atoms with Crippen LogP contribution in [0.1, 0.15) is 31.4 Å². The van der Waals surface area contributed by atoms with E-state index < -0.39 is 0 Å². The third kappa shape index (κ3) is 3.51. The van der Waals surface area contributed by atoms with Gasteiger partial charge in [-0.25, -0.2) is 4.68 Å². The van der Waals surface area contributed by atoms with Crippen molar-refractivity contribution in [2.45, 2.75) is 25.7 Å². The summed E-state index contributed by atoms with van der Waals surface area (Å²) in [5.41, 5.74) is 2.01. The van der Waals surface area contributed by atoms with E-state index in [1.165, 1.54) is 0 Å². The first kappa shape index (κ1) is 17.8. The van der Waals surface area contributed by atoms with E-state index in [0.717, 1.165) is 53.8 Å². The van der Waals surface area contributed by atoms with Crippen molar-refractivity contribution in [1.82, 2.24) is 9.78 Å². The highest BCUT2D eigenvalue weighted by atomic mass is 35.5. The van der Waals surface area contributed by atoms with Crippen molar-refractivity contribution >= 4 is 23.4 Å². The fourth-order valence-electron chi connectivity index (χ4n) is 3.29. The fraction of sp³-hybridized carbons (Fsp3) is 0.350. The van der Waals surface area contributed by atoms with Gasteiger partial charge >= 0.3 is 0 Å². The average molecular weight is 359 g/mol. The van der Waals surface area contributed by atoms with Gasteiger partial charge in [0.25, 0.3) is 0 Å². The van der Waals surface area contributed by atoms with Crippen LogP contribution in [-0.2, 0) is 9.47 Å². The van der Waals surface area contributed by atoms with E-state index in [0.29, 0.717) is 10.9 Å². The Morgan fingerprint density at radius 2 is 2.00 bits per heavy atom. The van der Waals surface area contributed by atoms with Gasteiger partial charge in [0.2, 0.25) is 0 Å². The van der Waals surface area contributed by atoms with Crippen LogP contribution in [0.4, 0.5) is 0 Å². The van der Waals surface area contributed by atoms with Gasteiger partial charge in [-0.1, -0.05) is 24.3 Å². The van der Waals surface area contributed by atoms with Crippen molar-refractivity contribution in [1.29, 1.82) is 0 Å². The summed E-state index contributed by atoms with van der Waals surface area (Å²) >= 11 is 6.04. The van der Waals surface area contributed by atoms with Crippen molar-refractivity contribution in [2.75, 3.05) is 20.3 Å². The zero-order valence-corrected chi connectivity index (χ0v) is 15.4. The normalized spacial score (nSPS) is 17.5. The van der Waals surface area contributed by atoms with Gasteiger partial charge in [0.1, 0.15) is 5.76 Å². The van der Waals surface area contributed by atoms with Gasteiger partial charge in [-0.15, -0.1) is 0 Å². The van der Waals surface area contributed by atoms with Gasteiger partial charge in [0.05, 0.1) is 29.1 Å². The quantitative estimate of drug-likeness (QED) is 0.842. The lowest BCUT2D eigenvalue weighted by Gasteiger charge is -2.20. The van der Waals surface area contributed by atoms with Crippen LogP contribution in [-0.4, -0.2) is 30.1 Å². The van der Waals surface area contributed by atoms with Crippen LogP contribution in [0.15, 0.2) is 36.9 Å². The third-order valence-corrected chi connectivity index (χ3v) is 4.80. The zero-order chi connectivity index (χ0) is 17.8. The number of ether oxygens (including phenoxy) is 2. The highest BCUT2D eigenvalue weighted by molar-refractivity contribution is 6.30. The van der Waals surface area contributed by atoms with Crippen molar-refractivity contribution in [3.63, 3.8) is 0 Å². The molecule has 4 nitrogen and oxygen atoms in total. The summed E-state index contributed by atoms with van der Waals surface area (Å²) < 4.78 is 13.1. The number of halogens is 1. The molecule has 0 N–H and O–H groups in total. The molecule has 2 heterocycles. The zero-order valence-electron chi connectivity index (χ0n) is 14.7. The molecule has 25 heavy (non-hydrogen) atoms.